The smallest absolute Gasteiger partial charge is 0.323 e. The average Bonchev–Trinajstić information content (AvgIpc) is 3.08. The van der Waals surface area contributed by atoms with Crippen LogP contribution < -0.4 is 16.0 Å². The molecule has 3 heterocycles. The molecule has 2 aromatic heterocycles. The number of nitrogens with two attached hydrogens (primary N) is 1. The van der Waals surface area contributed by atoms with Crippen LogP contribution in [0.3, 0.4) is 0 Å². The number of esters is 1. The van der Waals surface area contributed by atoms with E-state index >= 15 is 0 Å². The zero-order chi connectivity index (χ0) is 24.3. The SMILES string of the molecule is CC(C)OC(=O)[C@H](C)N[C@H]1OC[C@@H](C)[C@H](O[C@H](C)n2cnc3c(N(C)C)nc(N)nc32)CO1. The second-order valence-corrected chi connectivity index (χ2v) is 8.75. The van der Waals surface area contributed by atoms with E-state index < -0.39 is 12.5 Å². The normalized spacial score (nSPS) is 23.3. The van der Waals surface area contributed by atoms with E-state index in [4.69, 9.17) is 24.7 Å². The lowest BCUT2D eigenvalue weighted by atomic mass is 10.1. The zero-order valence-electron chi connectivity index (χ0n) is 20.3. The molecular weight excluding hydrogens is 430 g/mol. The molecule has 5 atom stereocenters. The van der Waals surface area contributed by atoms with Crippen molar-refractivity contribution in [3.8, 4) is 0 Å². The Morgan fingerprint density at radius 1 is 1.24 bits per heavy atom. The molecule has 33 heavy (non-hydrogen) atoms. The van der Waals surface area contributed by atoms with Crippen LogP contribution in [-0.2, 0) is 23.7 Å². The van der Waals surface area contributed by atoms with Gasteiger partial charge in [0.1, 0.15) is 12.3 Å². The lowest BCUT2D eigenvalue weighted by Gasteiger charge is -2.25. The number of carbonyl (C=O) groups is 1. The summed E-state index contributed by atoms with van der Waals surface area (Å²) in [5, 5.41) is 3.01. The predicted molar refractivity (Wildman–Crippen MR) is 122 cm³/mol. The number of rotatable bonds is 8. The highest BCUT2D eigenvalue weighted by molar-refractivity contribution is 5.84. The monoisotopic (exact) mass is 465 g/mol. The molecule has 3 N–H and O–H groups in total. The maximum absolute atomic E-state index is 12.1. The third kappa shape index (κ3) is 6.08. The fraction of sp³-hybridized carbons (Fsp3) is 0.714. The number of fused-ring (bicyclic) bond motifs is 1. The highest BCUT2D eigenvalue weighted by Gasteiger charge is 2.30. The summed E-state index contributed by atoms with van der Waals surface area (Å²) in [5.74, 6) is 0.492. The number of nitrogens with one attached hydrogen (secondary N) is 1. The van der Waals surface area contributed by atoms with Gasteiger partial charge in [-0.05, 0) is 27.7 Å². The Kier molecular flexibility index (Phi) is 8.05. The summed E-state index contributed by atoms with van der Waals surface area (Å²) >= 11 is 0. The highest BCUT2D eigenvalue weighted by Crippen LogP contribution is 2.27. The number of imidazole rings is 1. The molecule has 1 fully saturated rings. The first kappa shape index (κ1) is 25.1. The van der Waals surface area contributed by atoms with Crippen molar-refractivity contribution in [2.45, 2.75) is 65.5 Å². The van der Waals surface area contributed by atoms with Gasteiger partial charge in [0.2, 0.25) is 12.4 Å². The van der Waals surface area contributed by atoms with Crippen molar-refractivity contribution in [1.29, 1.82) is 0 Å². The summed E-state index contributed by atoms with van der Waals surface area (Å²) < 4.78 is 25.0. The second kappa shape index (κ2) is 10.6. The second-order valence-electron chi connectivity index (χ2n) is 8.75. The van der Waals surface area contributed by atoms with Gasteiger partial charge in [-0.2, -0.15) is 9.97 Å². The first-order valence-electron chi connectivity index (χ1n) is 11.1. The molecular formula is C21H35N7O5. The lowest BCUT2D eigenvalue weighted by Crippen LogP contribution is -2.45. The zero-order valence-corrected chi connectivity index (χ0v) is 20.3. The molecule has 2 aromatic rings. The molecule has 0 aromatic carbocycles. The molecule has 0 unspecified atom stereocenters. The number of hydrogen-bond donors (Lipinski definition) is 2. The summed E-state index contributed by atoms with van der Waals surface area (Å²) in [4.78, 5) is 27.0. The lowest BCUT2D eigenvalue weighted by molar-refractivity contribution is -0.172. The Bertz CT molecular complexity index is 950. The fourth-order valence-corrected chi connectivity index (χ4v) is 3.43. The molecule has 12 heteroatoms. The molecule has 0 spiro atoms. The van der Waals surface area contributed by atoms with Crippen molar-refractivity contribution in [1.82, 2.24) is 24.8 Å². The van der Waals surface area contributed by atoms with Crippen molar-refractivity contribution < 1.29 is 23.7 Å². The van der Waals surface area contributed by atoms with Gasteiger partial charge in [0.25, 0.3) is 0 Å². The number of ether oxygens (including phenoxy) is 4. The molecule has 0 saturated carbocycles. The first-order valence-corrected chi connectivity index (χ1v) is 11.1. The first-order chi connectivity index (χ1) is 15.6. The van der Waals surface area contributed by atoms with Crippen LogP contribution >= 0.6 is 0 Å². The van der Waals surface area contributed by atoms with Gasteiger partial charge in [0.05, 0.1) is 31.7 Å². The van der Waals surface area contributed by atoms with Crippen LogP contribution in [-0.4, -0.2) is 77.5 Å². The molecule has 0 radical (unpaired) electrons. The largest absolute Gasteiger partial charge is 0.462 e. The Morgan fingerprint density at radius 2 is 1.94 bits per heavy atom. The summed E-state index contributed by atoms with van der Waals surface area (Å²) in [5.41, 5.74) is 7.15. The van der Waals surface area contributed by atoms with E-state index in [0.29, 0.717) is 23.6 Å². The van der Waals surface area contributed by atoms with Crippen LogP contribution in [0.15, 0.2) is 6.33 Å². The van der Waals surface area contributed by atoms with Crippen molar-refractivity contribution in [3.05, 3.63) is 6.33 Å². The van der Waals surface area contributed by atoms with Gasteiger partial charge in [0.15, 0.2) is 17.0 Å². The number of nitrogens with zero attached hydrogens (tertiary/aromatic N) is 5. The number of carbonyl (C=O) groups excluding carboxylic acids is 1. The maximum atomic E-state index is 12.1. The minimum absolute atomic E-state index is 0.0454. The third-order valence-electron chi connectivity index (χ3n) is 5.26. The maximum Gasteiger partial charge on any atom is 0.323 e. The van der Waals surface area contributed by atoms with Gasteiger partial charge in [0, 0.05) is 20.0 Å². The fourth-order valence-electron chi connectivity index (χ4n) is 3.43. The number of aromatic nitrogens is 4. The van der Waals surface area contributed by atoms with E-state index in [0.717, 1.165) is 0 Å². The summed E-state index contributed by atoms with van der Waals surface area (Å²) in [6.45, 7) is 9.93. The van der Waals surface area contributed by atoms with Crippen LogP contribution in [0.5, 0.6) is 0 Å². The molecule has 1 aliphatic rings. The Hall–Kier alpha value is -2.54. The van der Waals surface area contributed by atoms with Crippen LogP contribution in [0.2, 0.25) is 0 Å². The van der Waals surface area contributed by atoms with E-state index in [2.05, 4.69) is 20.3 Å². The summed E-state index contributed by atoms with van der Waals surface area (Å²) in [6.07, 6.45) is 0.0946. The number of nitrogen functional groups attached to an aromatic ring is 1. The average molecular weight is 466 g/mol. The standard InChI is InChI=1S/C21H35N7O5/c1-11(2)32-19(29)13(4)24-21-30-8-12(3)15(9-31-21)33-14(5)28-10-23-16-17(27(6)7)25-20(22)26-18(16)28/h10-15,21,24H,8-9H2,1-7H3,(H2,22,25,26)/t12-,13+,14-,15-,21+/m1/s1. The van der Waals surface area contributed by atoms with Gasteiger partial charge in [-0.1, -0.05) is 6.92 Å². The molecule has 0 bridgehead atoms. The van der Waals surface area contributed by atoms with Crippen molar-refractivity contribution >= 4 is 28.9 Å². The van der Waals surface area contributed by atoms with Gasteiger partial charge < -0.3 is 29.6 Å². The molecule has 184 valence electrons. The van der Waals surface area contributed by atoms with Crippen LogP contribution in [0.4, 0.5) is 11.8 Å². The minimum Gasteiger partial charge on any atom is -0.462 e. The predicted octanol–water partition coefficient (Wildman–Crippen LogP) is 1.27. The molecule has 0 aliphatic carbocycles. The van der Waals surface area contributed by atoms with Crippen molar-refractivity contribution in [2.75, 3.05) is 37.9 Å². The van der Waals surface area contributed by atoms with Crippen LogP contribution in [0, 0.1) is 5.92 Å². The summed E-state index contributed by atoms with van der Waals surface area (Å²) in [7, 11) is 3.75. The van der Waals surface area contributed by atoms with Gasteiger partial charge >= 0.3 is 5.97 Å². The molecule has 1 saturated heterocycles. The van der Waals surface area contributed by atoms with E-state index in [9.17, 15) is 4.79 Å². The topological polar surface area (TPSA) is 139 Å². The van der Waals surface area contributed by atoms with Crippen LogP contribution in [0.25, 0.3) is 11.2 Å². The summed E-state index contributed by atoms with van der Waals surface area (Å²) in [6, 6.07) is -0.572. The van der Waals surface area contributed by atoms with E-state index in [1.165, 1.54) is 0 Å². The molecule has 12 nitrogen and oxygen atoms in total. The van der Waals surface area contributed by atoms with E-state index in [1.807, 2.05) is 37.4 Å². The minimum atomic E-state index is -0.740. The van der Waals surface area contributed by atoms with E-state index in [1.54, 1.807) is 27.1 Å². The van der Waals surface area contributed by atoms with E-state index in [-0.39, 0.29) is 42.9 Å². The van der Waals surface area contributed by atoms with Gasteiger partial charge in [-0.15, -0.1) is 0 Å². The highest BCUT2D eigenvalue weighted by atomic mass is 16.7. The molecule has 0 amide bonds. The van der Waals surface area contributed by atoms with Gasteiger partial charge in [-0.25, -0.2) is 4.98 Å². The number of hydrogen-bond acceptors (Lipinski definition) is 11. The quantitative estimate of drug-likeness (QED) is 0.545. The van der Waals surface area contributed by atoms with Crippen LogP contribution in [0.1, 0.15) is 40.8 Å². The van der Waals surface area contributed by atoms with Crippen molar-refractivity contribution in [3.63, 3.8) is 0 Å². The Morgan fingerprint density at radius 3 is 2.61 bits per heavy atom. The Labute approximate surface area is 193 Å². The Balaban J connectivity index is 1.66. The van der Waals surface area contributed by atoms with Gasteiger partial charge in [-0.3, -0.25) is 14.7 Å². The molecule has 1 aliphatic heterocycles. The van der Waals surface area contributed by atoms with Crippen molar-refractivity contribution in [2.24, 2.45) is 5.92 Å². The third-order valence-corrected chi connectivity index (χ3v) is 5.26. The number of anilines is 2. The molecule has 3 rings (SSSR count).